The smallest absolute Gasteiger partial charge is 0.315 e. The molecule has 98 valence electrons. The van der Waals surface area contributed by atoms with Crippen LogP contribution in [0.3, 0.4) is 0 Å². The van der Waals surface area contributed by atoms with Crippen LogP contribution in [0.2, 0.25) is 0 Å². The number of amides is 2. The third-order valence-corrected chi connectivity index (χ3v) is 3.33. The van der Waals surface area contributed by atoms with Gasteiger partial charge in [-0.2, -0.15) is 0 Å². The Hall–Kier alpha value is -1.58. The Balaban J connectivity index is 1.68. The Morgan fingerprint density at radius 1 is 1.44 bits per heavy atom. The molecule has 1 unspecified atom stereocenters. The molecular weight excluding hydrogens is 231 g/mol. The van der Waals surface area contributed by atoms with Gasteiger partial charge in [0.1, 0.15) is 5.82 Å². The summed E-state index contributed by atoms with van der Waals surface area (Å²) in [6, 6.07) is 6.71. The molecule has 3 nitrogen and oxygen atoms in total. The normalized spacial score (nSPS) is 16.1. The van der Waals surface area contributed by atoms with Crippen LogP contribution in [0.25, 0.3) is 0 Å². The molecule has 1 aromatic rings. The van der Waals surface area contributed by atoms with Gasteiger partial charge in [0.15, 0.2) is 0 Å². The Morgan fingerprint density at radius 2 is 2.17 bits per heavy atom. The summed E-state index contributed by atoms with van der Waals surface area (Å²) in [6.45, 7) is 2.47. The minimum absolute atomic E-state index is 0.161. The minimum Gasteiger partial charge on any atom is -0.338 e. The van der Waals surface area contributed by atoms with Gasteiger partial charge in [-0.15, -0.1) is 0 Å². The number of urea groups is 1. The van der Waals surface area contributed by atoms with Gasteiger partial charge in [0.05, 0.1) is 0 Å². The summed E-state index contributed by atoms with van der Waals surface area (Å²) in [5.74, 6) is 0.424. The highest BCUT2D eigenvalue weighted by Crippen LogP contribution is 2.32. The van der Waals surface area contributed by atoms with E-state index in [0.717, 1.165) is 0 Å². The molecule has 0 saturated heterocycles. The number of carbonyl (C=O) groups is 1. The van der Waals surface area contributed by atoms with Gasteiger partial charge in [0.25, 0.3) is 0 Å². The average molecular weight is 250 g/mol. The van der Waals surface area contributed by atoms with Crippen LogP contribution in [0.15, 0.2) is 24.3 Å². The molecule has 0 radical (unpaired) electrons. The summed E-state index contributed by atoms with van der Waals surface area (Å²) in [4.78, 5) is 11.5. The summed E-state index contributed by atoms with van der Waals surface area (Å²) in [6.07, 6.45) is 2.92. The van der Waals surface area contributed by atoms with Crippen LogP contribution >= 0.6 is 0 Å². The predicted octanol–water partition coefficient (Wildman–Crippen LogP) is 2.47. The standard InChI is InChI=1S/C14H19FN2O/c1-10(11-6-7-11)17-14(18)16-9-8-12-4-2-3-5-13(12)15/h2-5,10-11H,6-9H2,1H3,(H2,16,17,18). The monoisotopic (exact) mass is 250 g/mol. The van der Waals surface area contributed by atoms with Crippen LogP contribution in [0.5, 0.6) is 0 Å². The largest absolute Gasteiger partial charge is 0.338 e. The first-order chi connectivity index (χ1) is 8.66. The van der Waals surface area contributed by atoms with Crippen molar-refractivity contribution in [3.8, 4) is 0 Å². The van der Waals surface area contributed by atoms with Crippen molar-refractivity contribution in [3.05, 3.63) is 35.6 Å². The molecular formula is C14H19FN2O. The number of halogens is 1. The van der Waals surface area contributed by atoms with E-state index in [1.54, 1.807) is 18.2 Å². The molecule has 0 bridgehead atoms. The lowest BCUT2D eigenvalue weighted by atomic mass is 10.1. The van der Waals surface area contributed by atoms with Gasteiger partial charge in [0.2, 0.25) is 0 Å². The number of hydrogen-bond acceptors (Lipinski definition) is 1. The van der Waals surface area contributed by atoms with Crippen LogP contribution in [-0.4, -0.2) is 18.6 Å². The van der Waals surface area contributed by atoms with E-state index >= 15 is 0 Å². The summed E-state index contributed by atoms with van der Waals surface area (Å²) < 4.78 is 13.3. The lowest BCUT2D eigenvalue weighted by Crippen LogP contribution is -2.42. The van der Waals surface area contributed by atoms with Crippen molar-refractivity contribution >= 4 is 6.03 Å². The number of hydrogen-bond donors (Lipinski definition) is 2. The zero-order valence-corrected chi connectivity index (χ0v) is 10.6. The maximum absolute atomic E-state index is 13.3. The maximum atomic E-state index is 13.3. The zero-order valence-electron chi connectivity index (χ0n) is 10.6. The molecule has 0 aromatic heterocycles. The topological polar surface area (TPSA) is 41.1 Å². The van der Waals surface area contributed by atoms with E-state index in [0.29, 0.717) is 24.4 Å². The molecule has 4 heteroatoms. The molecule has 18 heavy (non-hydrogen) atoms. The van der Waals surface area contributed by atoms with E-state index in [1.807, 2.05) is 6.92 Å². The predicted molar refractivity (Wildman–Crippen MR) is 68.8 cm³/mol. The Kier molecular flexibility index (Phi) is 4.18. The van der Waals surface area contributed by atoms with Gasteiger partial charge >= 0.3 is 6.03 Å². The first-order valence-electron chi connectivity index (χ1n) is 6.44. The van der Waals surface area contributed by atoms with Gasteiger partial charge in [0, 0.05) is 12.6 Å². The molecule has 1 aliphatic carbocycles. The highest BCUT2D eigenvalue weighted by atomic mass is 19.1. The molecule has 0 heterocycles. The van der Waals surface area contributed by atoms with E-state index in [4.69, 9.17) is 0 Å². The highest BCUT2D eigenvalue weighted by Gasteiger charge is 2.28. The molecule has 0 spiro atoms. The fourth-order valence-corrected chi connectivity index (χ4v) is 1.98. The van der Waals surface area contributed by atoms with Crippen molar-refractivity contribution in [2.45, 2.75) is 32.2 Å². The Labute approximate surface area is 107 Å². The van der Waals surface area contributed by atoms with E-state index in [-0.39, 0.29) is 17.9 Å². The second-order valence-electron chi connectivity index (χ2n) is 4.87. The van der Waals surface area contributed by atoms with Crippen molar-refractivity contribution < 1.29 is 9.18 Å². The highest BCUT2D eigenvalue weighted by molar-refractivity contribution is 5.74. The van der Waals surface area contributed by atoms with Gasteiger partial charge in [-0.25, -0.2) is 9.18 Å². The van der Waals surface area contributed by atoms with Crippen LogP contribution in [0.1, 0.15) is 25.3 Å². The van der Waals surface area contributed by atoms with Crippen LogP contribution in [0, 0.1) is 11.7 Å². The third kappa shape index (κ3) is 3.72. The molecule has 1 aromatic carbocycles. The second-order valence-corrected chi connectivity index (χ2v) is 4.87. The Bertz CT molecular complexity index is 418. The number of nitrogens with one attached hydrogen (secondary N) is 2. The Morgan fingerprint density at radius 3 is 2.83 bits per heavy atom. The summed E-state index contributed by atoms with van der Waals surface area (Å²) in [5.41, 5.74) is 0.632. The lowest BCUT2D eigenvalue weighted by Gasteiger charge is -2.13. The molecule has 2 rings (SSSR count). The van der Waals surface area contributed by atoms with E-state index in [2.05, 4.69) is 10.6 Å². The molecule has 2 N–H and O–H groups in total. The van der Waals surface area contributed by atoms with Crippen molar-refractivity contribution in [1.29, 1.82) is 0 Å². The number of carbonyl (C=O) groups excluding carboxylic acids is 1. The number of benzene rings is 1. The molecule has 1 aliphatic rings. The van der Waals surface area contributed by atoms with Gasteiger partial charge in [-0.3, -0.25) is 0 Å². The summed E-state index contributed by atoms with van der Waals surface area (Å²) in [7, 11) is 0. The second kappa shape index (κ2) is 5.85. The molecule has 1 fully saturated rings. The first kappa shape index (κ1) is 12.9. The quantitative estimate of drug-likeness (QED) is 0.828. The molecule has 2 amide bonds. The van der Waals surface area contributed by atoms with Crippen molar-refractivity contribution in [2.24, 2.45) is 5.92 Å². The van der Waals surface area contributed by atoms with Crippen LogP contribution in [0.4, 0.5) is 9.18 Å². The van der Waals surface area contributed by atoms with Crippen LogP contribution in [-0.2, 0) is 6.42 Å². The van der Waals surface area contributed by atoms with E-state index < -0.39 is 0 Å². The third-order valence-electron chi connectivity index (χ3n) is 3.33. The average Bonchev–Trinajstić information content (AvgIpc) is 3.15. The van der Waals surface area contributed by atoms with Gasteiger partial charge in [-0.1, -0.05) is 18.2 Å². The van der Waals surface area contributed by atoms with Crippen molar-refractivity contribution in [3.63, 3.8) is 0 Å². The minimum atomic E-state index is -0.217. The van der Waals surface area contributed by atoms with Crippen molar-refractivity contribution in [2.75, 3.05) is 6.54 Å². The fraction of sp³-hybridized carbons (Fsp3) is 0.500. The maximum Gasteiger partial charge on any atom is 0.315 e. The van der Waals surface area contributed by atoms with E-state index in [9.17, 15) is 9.18 Å². The SMILES string of the molecule is CC(NC(=O)NCCc1ccccc1F)C1CC1. The zero-order chi connectivity index (χ0) is 13.0. The van der Waals surface area contributed by atoms with Gasteiger partial charge in [-0.05, 0) is 43.7 Å². The summed E-state index contributed by atoms with van der Waals surface area (Å²) in [5, 5.41) is 5.65. The first-order valence-corrected chi connectivity index (χ1v) is 6.44. The molecule has 1 saturated carbocycles. The lowest BCUT2D eigenvalue weighted by molar-refractivity contribution is 0.236. The number of rotatable bonds is 5. The molecule has 1 atom stereocenters. The molecule has 0 aliphatic heterocycles. The van der Waals surface area contributed by atoms with E-state index in [1.165, 1.54) is 18.9 Å². The van der Waals surface area contributed by atoms with Crippen molar-refractivity contribution in [1.82, 2.24) is 10.6 Å². The summed E-state index contributed by atoms with van der Waals surface area (Å²) >= 11 is 0. The van der Waals surface area contributed by atoms with Gasteiger partial charge < -0.3 is 10.6 Å². The van der Waals surface area contributed by atoms with Crippen LogP contribution < -0.4 is 10.6 Å². The fourth-order valence-electron chi connectivity index (χ4n) is 1.98.